The average Bonchev–Trinajstić information content (AvgIpc) is 3.27. The Labute approximate surface area is 157 Å². The highest BCUT2D eigenvalue weighted by molar-refractivity contribution is 8.00. The van der Waals surface area contributed by atoms with Crippen molar-refractivity contribution in [3.63, 3.8) is 0 Å². The molecule has 1 N–H and O–H groups in total. The quantitative estimate of drug-likeness (QED) is 0.312. The largest absolute Gasteiger partial charge is 0.272 e. The number of hydrogen-bond donors (Lipinski definition) is 1. The maximum Gasteiger partial charge on any atom is 0.250 e. The van der Waals surface area contributed by atoms with E-state index in [1.165, 1.54) is 35.0 Å². The number of nitrogens with one attached hydrogen (secondary N) is 1. The number of carbonyl (C=O) groups excluding carboxylic acids is 1. The third-order valence-corrected chi connectivity index (χ3v) is 6.98. The van der Waals surface area contributed by atoms with Crippen molar-refractivity contribution in [1.29, 1.82) is 0 Å². The van der Waals surface area contributed by atoms with Gasteiger partial charge in [-0.05, 0) is 42.7 Å². The summed E-state index contributed by atoms with van der Waals surface area (Å²) in [6.07, 6.45) is 7.95. The number of rotatable bonds is 5. The number of aromatic nitrogens is 2. The molecule has 1 aliphatic rings. The Morgan fingerprint density at radius 1 is 1.36 bits per heavy atom. The van der Waals surface area contributed by atoms with Gasteiger partial charge in [0.25, 0.3) is 0 Å². The van der Waals surface area contributed by atoms with Crippen molar-refractivity contribution in [2.75, 3.05) is 5.75 Å². The molecule has 4 rings (SSSR count). The molecular formula is C17H16N4OS3. The Balaban J connectivity index is 1.44. The van der Waals surface area contributed by atoms with Gasteiger partial charge in [0.05, 0.1) is 12.0 Å². The molecule has 0 aliphatic heterocycles. The van der Waals surface area contributed by atoms with Gasteiger partial charge in [0, 0.05) is 15.1 Å². The van der Waals surface area contributed by atoms with Crippen LogP contribution in [0.25, 0.3) is 10.2 Å². The highest BCUT2D eigenvalue weighted by Crippen LogP contribution is 2.39. The summed E-state index contributed by atoms with van der Waals surface area (Å²) in [4.78, 5) is 24.4. The van der Waals surface area contributed by atoms with E-state index in [1.54, 1.807) is 35.2 Å². The highest BCUT2D eigenvalue weighted by atomic mass is 32.2. The van der Waals surface area contributed by atoms with Crippen molar-refractivity contribution in [2.24, 2.45) is 5.10 Å². The topological polar surface area (TPSA) is 67.2 Å². The van der Waals surface area contributed by atoms with Gasteiger partial charge in [-0.2, -0.15) is 5.10 Å². The Kier molecular flexibility index (Phi) is 5.09. The lowest BCUT2D eigenvalue weighted by molar-refractivity contribution is -0.118. The maximum absolute atomic E-state index is 12.0. The van der Waals surface area contributed by atoms with E-state index in [0.29, 0.717) is 5.75 Å². The van der Waals surface area contributed by atoms with Crippen LogP contribution in [0.2, 0.25) is 0 Å². The molecule has 0 atom stereocenters. The molecule has 0 spiro atoms. The lowest BCUT2D eigenvalue weighted by Crippen LogP contribution is -2.19. The third kappa shape index (κ3) is 3.75. The van der Waals surface area contributed by atoms with E-state index < -0.39 is 0 Å². The number of carbonyl (C=O) groups is 1. The van der Waals surface area contributed by atoms with Crippen molar-refractivity contribution in [3.05, 3.63) is 39.2 Å². The predicted octanol–water partition coefficient (Wildman–Crippen LogP) is 3.87. The number of aryl methyl sites for hydroxylation is 2. The molecule has 3 aromatic rings. The molecule has 0 aromatic carbocycles. The minimum absolute atomic E-state index is 0.131. The number of amides is 1. The Bertz CT molecular complexity index is 918. The van der Waals surface area contributed by atoms with E-state index in [-0.39, 0.29) is 5.91 Å². The van der Waals surface area contributed by atoms with Crippen molar-refractivity contribution < 1.29 is 4.79 Å². The van der Waals surface area contributed by atoms with Crippen LogP contribution in [0.1, 0.15) is 28.2 Å². The van der Waals surface area contributed by atoms with Crippen LogP contribution in [-0.4, -0.2) is 27.8 Å². The summed E-state index contributed by atoms with van der Waals surface area (Å²) >= 11 is 4.81. The van der Waals surface area contributed by atoms with Crippen LogP contribution < -0.4 is 5.43 Å². The summed E-state index contributed by atoms with van der Waals surface area (Å²) in [6, 6.07) is 3.90. The van der Waals surface area contributed by atoms with Gasteiger partial charge in [-0.15, -0.1) is 22.7 Å². The predicted molar refractivity (Wildman–Crippen MR) is 105 cm³/mol. The first-order chi connectivity index (χ1) is 12.3. The minimum atomic E-state index is -0.131. The number of fused-ring (bicyclic) bond motifs is 3. The van der Waals surface area contributed by atoms with Gasteiger partial charge in [0.15, 0.2) is 0 Å². The number of thioether (sulfide) groups is 1. The fraction of sp³-hybridized carbons (Fsp3) is 0.294. The van der Waals surface area contributed by atoms with Crippen LogP contribution in [0, 0.1) is 0 Å². The van der Waals surface area contributed by atoms with Gasteiger partial charge >= 0.3 is 0 Å². The van der Waals surface area contributed by atoms with Gasteiger partial charge in [0.1, 0.15) is 16.2 Å². The molecule has 0 radical (unpaired) electrons. The zero-order chi connectivity index (χ0) is 17.1. The van der Waals surface area contributed by atoms with Crippen LogP contribution in [0.3, 0.4) is 0 Å². The highest BCUT2D eigenvalue weighted by Gasteiger charge is 2.20. The molecule has 1 aliphatic carbocycles. The SMILES string of the molecule is O=C(CSc1ncnc2sc3c(c12)CCCC3)N/N=C/c1cccs1. The molecule has 128 valence electrons. The number of nitrogens with zero attached hydrogens (tertiary/aromatic N) is 3. The van der Waals surface area contributed by atoms with Crippen LogP contribution in [-0.2, 0) is 17.6 Å². The number of hydrazone groups is 1. The molecule has 25 heavy (non-hydrogen) atoms. The summed E-state index contributed by atoms with van der Waals surface area (Å²) in [5.41, 5.74) is 3.96. The van der Waals surface area contributed by atoms with Crippen LogP contribution >= 0.6 is 34.4 Å². The molecule has 1 amide bonds. The molecular weight excluding hydrogens is 372 g/mol. The van der Waals surface area contributed by atoms with Crippen molar-refractivity contribution in [2.45, 2.75) is 30.7 Å². The third-order valence-electron chi connectivity index (χ3n) is 3.98. The van der Waals surface area contributed by atoms with Crippen LogP contribution in [0.5, 0.6) is 0 Å². The molecule has 3 aromatic heterocycles. The minimum Gasteiger partial charge on any atom is -0.272 e. The standard InChI is InChI=1S/C17H16N4OS3/c22-14(21-20-8-11-4-3-7-23-11)9-24-16-15-12-5-1-2-6-13(12)25-17(15)19-10-18-16/h3-4,7-8,10H,1-2,5-6,9H2,(H,21,22)/b20-8+. The Morgan fingerprint density at radius 3 is 3.16 bits per heavy atom. The van der Waals surface area contributed by atoms with Gasteiger partial charge in [0.2, 0.25) is 5.91 Å². The molecule has 0 saturated heterocycles. The second-order valence-electron chi connectivity index (χ2n) is 5.67. The van der Waals surface area contributed by atoms with Gasteiger partial charge in [-0.3, -0.25) is 4.79 Å². The lowest BCUT2D eigenvalue weighted by Gasteiger charge is -2.11. The van der Waals surface area contributed by atoms with Gasteiger partial charge < -0.3 is 0 Å². The van der Waals surface area contributed by atoms with E-state index in [2.05, 4.69) is 20.5 Å². The molecule has 0 saturated carbocycles. The maximum atomic E-state index is 12.0. The molecule has 0 fully saturated rings. The second-order valence-corrected chi connectivity index (χ2v) is 8.69. The van der Waals surface area contributed by atoms with E-state index in [0.717, 1.165) is 33.0 Å². The van der Waals surface area contributed by atoms with E-state index in [4.69, 9.17) is 0 Å². The monoisotopic (exact) mass is 388 g/mol. The number of hydrogen-bond acceptors (Lipinski definition) is 7. The van der Waals surface area contributed by atoms with Crippen molar-refractivity contribution in [1.82, 2.24) is 15.4 Å². The molecule has 3 heterocycles. The van der Waals surface area contributed by atoms with Crippen LogP contribution in [0.15, 0.2) is 34.0 Å². The molecule has 5 nitrogen and oxygen atoms in total. The molecule has 8 heteroatoms. The molecule has 0 bridgehead atoms. The van der Waals surface area contributed by atoms with E-state index in [9.17, 15) is 4.79 Å². The first-order valence-electron chi connectivity index (χ1n) is 8.05. The van der Waals surface area contributed by atoms with Gasteiger partial charge in [-0.25, -0.2) is 15.4 Å². The summed E-state index contributed by atoms with van der Waals surface area (Å²) in [7, 11) is 0. The lowest BCUT2D eigenvalue weighted by atomic mass is 9.97. The fourth-order valence-corrected chi connectivity index (χ4v) is 5.57. The first-order valence-corrected chi connectivity index (χ1v) is 10.7. The number of thiophene rings is 2. The summed E-state index contributed by atoms with van der Waals surface area (Å²) < 4.78 is 0. The zero-order valence-corrected chi connectivity index (χ0v) is 15.8. The van der Waals surface area contributed by atoms with Crippen LogP contribution in [0.4, 0.5) is 0 Å². The Morgan fingerprint density at radius 2 is 2.28 bits per heavy atom. The Hall–Kier alpha value is -1.77. The normalized spacial score (nSPS) is 14.1. The van der Waals surface area contributed by atoms with Crippen molar-refractivity contribution in [3.8, 4) is 0 Å². The summed E-state index contributed by atoms with van der Waals surface area (Å²) in [6.45, 7) is 0. The zero-order valence-electron chi connectivity index (χ0n) is 13.4. The fourth-order valence-electron chi connectivity index (χ4n) is 2.87. The smallest absolute Gasteiger partial charge is 0.250 e. The van der Waals surface area contributed by atoms with Gasteiger partial charge in [-0.1, -0.05) is 17.8 Å². The van der Waals surface area contributed by atoms with E-state index >= 15 is 0 Å². The molecule has 0 unspecified atom stereocenters. The summed E-state index contributed by atoms with van der Waals surface area (Å²) in [5, 5.41) is 8.02. The first kappa shape index (κ1) is 16.7. The second kappa shape index (κ2) is 7.63. The average molecular weight is 389 g/mol. The van der Waals surface area contributed by atoms with E-state index in [1.807, 2.05) is 17.5 Å². The summed E-state index contributed by atoms with van der Waals surface area (Å²) in [5.74, 6) is 0.159. The van der Waals surface area contributed by atoms with Crippen molar-refractivity contribution >= 4 is 56.8 Å².